The Balaban J connectivity index is 2.03. The molecule has 3 aliphatic heterocycles. The molecule has 1 heteroatoms. The molecule has 3 saturated heterocycles. The Hall–Kier alpha value is -0.170. The molecule has 3 rings (SSSR count). The first-order valence-electron chi connectivity index (χ1n) is 3.51. The van der Waals surface area contributed by atoms with Gasteiger partial charge in [-0.15, -0.1) is 0 Å². The van der Waals surface area contributed by atoms with Gasteiger partial charge in [-0.05, 0) is 0 Å². The number of fused-ring (bicyclic) bond motifs is 3. The second-order valence-corrected chi connectivity index (χ2v) is 2.84. The third-order valence-electron chi connectivity index (χ3n) is 2.34. The zero-order valence-electron chi connectivity index (χ0n) is 5.19. The van der Waals surface area contributed by atoms with E-state index in [0.29, 0.717) is 0 Å². The molecule has 3 aliphatic rings. The second kappa shape index (κ2) is 1.66. The molecule has 0 atom stereocenters. The molecule has 0 unspecified atom stereocenters. The van der Waals surface area contributed by atoms with Crippen molar-refractivity contribution in [3.8, 4) is 0 Å². The van der Waals surface area contributed by atoms with Gasteiger partial charge in [0.2, 0.25) is 0 Å². The molecule has 3 fully saturated rings. The number of rotatable bonds is 0. The van der Waals surface area contributed by atoms with Gasteiger partial charge in [-0.3, -0.25) is 4.90 Å². The van der Waals surface area contributed by atoms with Crippen molar-refractivity contribution in [3.63, 3.8) is 0 Å². The fraction of sp³-hybridized carbons (Fsp3) is 0.857. The summed E-state index contributed by atoms with van der Waals surface area (Å²) < 4.78 is 0. The Morgan fingerprint density at radius 3 is 1.50 bits per heavy atom. The largest absolute Gasteiger partial charge is 0.291 e. The van der Waals surface area contributed by atoms with Gasteiger partial charge in [0.05, 0.1) is 5.92 Å². The normalized spacial score (nSPS) is 29.2. The zero-order chi connectivity index (χ0) is 5.40. The van der Waals surface area contributed by atoms with Crippen molar-refractivity contribution >= 4 is 0 Å². The summed E-state index contributed by atoms with van der Waals surface area (Å²) in [6.45, 7) is 4.07. The summed E-state index contributed by atoms with van der Waals surface area (Å²) in [5.41, 5.74) is 0. The van der Waals surface area contributed by atoms with E-state index in [1.165, 1.54) is 38.9 Å². The van der Waals surface area contributed by atoms with Crippen molar-refractivity contribution in [2.24, 2.45) is 0 Å². The molecule has 0 aromatic carbocycles. The third kappa shape index (κ3) is 0.618. The highest BCUT2D eigenvalue weighted by molar-refractivity contribution is 5.00. The lowest BCUT2D eigenvalue weighted by Crippen LogP contribution is -2.40. The molecular weight excluding hydrogens is 98.1 g/mol. The lowest BCUT2D eigenvalue weighted by atomic mass is 9.89. The minimum atomic E-state index is 1.36. The van der Waals surface area contributed by atoms with E-state index in [4.69, 9.17) is 0 Å². The van der Waals surface area contributed by atoms with Crippen LogP contribution in [0.4, 0.5) is 0 Å². The summed E-state index contributed by atoms with van der Waals surface area (Å²) in [7, 11) is 0. The van der Waals surface area contributed by atoms with Gasteiger partial charge in [-0.25, -0.2) is 0 Å². The van der Waals surface area contributed by atoms with Crippen molar-refractivity contribution < 1.29 is 0 Å². The molecule has 0 saturated carbocycles. The first-order valence-corrected chi connectivity index (χ1v) is 3.51. The van der Waals surface area contributed by atoms with Gasteiger partial charge in [0.25, 0.3) is 0 Å². The molecule has 44 valence electrons. The summed E-state index contributed by atoms with van der Waals surface area (Å²) >= 11 is 0. The highest BCUT2D eigenvalue weighted by Crippen LogP contribution is 2.28. The SMILES string of the molecule is C1CN2CC[C+]1CC2. The standard InChI is InChI=1S/C7H12N/c1-4-8-5-2-7(1)3-6-8/h1-6H2/q+1. The van der Waals surface area contributed by atoms with Crippen LogP contribution in [0.5, 0.6) is 0 Å². The fourth-order valence-electron chi connectivity index (χ4n) is 1.66. The summed E-state index contributed by atoms with van der Waals surface area (Å²) in [5, 5.41) is 0. The van der Waals surface area contributed by atoms with Crippen molar-refractivity contribution in [1.82, 2.24) is 4.90 Å². The Kier molecular flexibility index (Phi) is 0.971. The summed E-state index contributed by atoms with van der Waals surface area (Å²) in [4.78, 5) is 2.56. The lowest BCUT2D eigenvalue weighted by Gasteiger charge is -2.31. The van der Waals surface area contributed by atoms with Crippen LogP contribution in [0.2, 0.25) is 0 Å². The number of nitrogens with zero attached hydrogens (tertiary/aromatic N) is 1. The Labute approximate surface area is 50.7 Å². The number of hydrogen-bond donors (Lipinski definition) is 0. The predicted molar refractivity (Wildman–Crippen MR) is 33.5 cm³/mol. The van der Waals surface area contributed by atoms with Crippen LogP contribution in [0.25, 0.3) is 0 Å². The molecule has 0 aliphatic carbocycles. The topological polar surface area (TPSA) is 3.24 Å². The number of hydrogen-bond acceptors (Lipinski definition) is 1. The van der Waals surface area contributed by atoms with Crippen molar-refractivity contribution in [1.29, 1.82) is 0 Å². The van der Waals surface area contributed by atoms with Crippen molar-refractivity contribution in [2.45, 2.75) is 19.3 Å². The zero-order valence-corrected chi connectivity index (χ0v) is 5.19. The van der Waals surface area contributed by atoms with E-state index in [1.54, 1.807) is 0 Å². The summed E-state index contributed by atoms with van der Waals surface area (Å²) in [6, 6.07) is 0. The number of piperidine rings is 3. The smallest absolute Gasteiger partial charge is 0.103 e. The van der Waals surface area contributed by atoms with E-state index in [-0.39, 0.29) is 0 Å². The minimum Gasteiger partial charge on any atom is -0.291 e. The van der Waals surface area contributed by atoms with Crippen LogP contribution >= 0.6 is 0 Å². The van der Waals surface area contributed by atoms with Gasteiger partial charge in [0.1, 0.15) is 19.3 Å². The Morgan fingerprint density at radius 1 is 0.875 bits per heavy atom. The monoisotopic (exact) mass is 110 g/mol. The van der Waals surface area contributed by atoms with Crippen molar-refractivity contribution in [3.05, 3.63) is 5.92 Å². The average molecular weight is 110 g/mol. The van der Waals surface area contributed by atoms with Crippen LogP contribution in [0.1, 0.15) is 19.3 Å². The molecule has 1 nitrogen and oxygen atoms in total. The Bertz CT molecular complexity index is 59.4. The molecule has 0 aromatic rings. The molecule has 0 amide bonds. The first-order chi connectivity index (χ1) is 3.95. The molecule has 2 bridgehead atoms. The van der Waals surface area contributed by atoms with Crippen LogP contribution in [0.3, 0.4) is 0 Å². The predicted octanol–water partition coefficient (Wildman–Crippen LogP) is 1.06. The van der Waals surface area contributed by atoms with Crippen LogP contribution < -0.4 is 0 Å². The van der Waals surface area contributed by atoms with Crippen molar-refractivity contribution in [2.75, 3.05) is 19.6 Å². The van der Waals surface area contributed by atoms with Gasteiger partial charge in [0, 0.05) is 19.6 Å². The molecular formula is C7H12N+. The maximum atomic E-state index is 2.56. The van der Waals surface area contributed by atoms with Crippen LogP contribution in [-0.2, 0) is 0 Å². The molecule has 0 spiro atoms. The molecule has 0 radical (unpaired) electrons. The Morgan fingerprint density at radius 2 is 1.38 bits per heavy atom. The van der Waals surface area contributed by atoms with Gasteiger partial charge < -0.3 is 0 Å². The van der Waals surface area contributed by atoms with Gasteiger partial charge >= 0.3 is 0 Å². The van der Waals surface area contributed by atoms with Gasteiger partial charge in [-0.1, -0.05) is 0 Å². The highest BCUT2D eigenvalue weighted by atomic mass is 15.1. The van der Waals surface area contributed by atoms with Gasteiger partial charge in [-0.2, -0.15) is 0 Å². The van der Waals surface area contributed by atoms with E-state index in [0.717, 1.165) is 0 Å². The summed E-state index contributed by atoms with van der Waals surface area (Å²) in [6.07, 6.45) is 4.21. The van der Waals surface area contributed by atoms with E-state index < -0.39 is 0 Å². The maximum Gasteiger partial charge on any atom is 0.103 e. The van der Waals surface area contributed by atoms with Crippen LogP contribution in [0, 0.1) is 5.92 Å². The molecule has 8 heavy (non-hydrogen) atoms. The van der Waals surface area contributed by atoms with E-state index in [1.807, 2.05) is 5.92 Å². The second-order valence-electron chi connectivity index (χ2n) is 2.84. The maximum absolute atomic E-state index is 2.56. The quantitative estimate of drug-likeness (QED) is 0.421. The third-order valence-corrected chi connectivity index (χ3v) is 2.34. The highest BCUT2D eigenvalue weighted by Gasteiger charge is 2.33. The summed E-state index contributed by atoms with van der Waals surface area (Å²) in [5.74, 6) is 1.83. The molecule has 0 aromatic heterocycles. The van der Waals surface area contributed by atoms with Gasteiger partial charge in [0.15, 0.2) is 0 Å². The molecule has 0 N–H and O–H groups in total. The van der Waals surface area contributed by atoms with E-state index in [9.17, 15) is 0 Å². The van der Waals surface area contributed by atoms with E-state index >= 15 is 0 Å². The average Bonchev–Trinajstić information content (AvgIpc) is 1.92. The lowest BCUT2D eigenvalue weighted by molar-refractivity contribution is 0.188. The first kappa shape index (κ1) is 4.68. The van der Waals surface area contributed by atoms with Crippen LogP contribution in [-0.4, -0.2) is 24.5 Å². The van der Waals surface area contributed by atoms with E-state index in [2.05, 4.69) is 4.90 Å². The minimum absolute atomic E-state index is 1.36. The fourth-order valence-corrected chi connectivity index (χ4v) is 1.66. The molecule has 3 heterocycles. The van der Waals surface area contributed by atoms with Crippen LogP contribution in [0.15, 0.2) is 0 Å².